The van der Waals surface area contributed by atoms with Crippen LogP contribution < -0.4 is 4.74 Å². The van der Waals surface area contributed by atoms with Crippen molar-refractivity contribution in [3.8, 4) is 16.9 Å². The van der Waals surface area contributed by atoms with E-state index >= 15 is 0 Å². The molecule has 8 heteroatoms. The number of aromatic nitrogens is 2. The van der Waals surface area contributed by atoms with Gasteiger partial charge in [-0.05, 0) is 37.0 Å². The van der Waals surface area contributed by atoms with E-state index in [4.69, 9.17) is 4.74 Å². The lowest BCUT2D eigenvalue weighted by Crippen LogP contribution is -2.71. The van der Waals surface area contributed by atoms with Gasteiger partial charge in [-0.1, -0.05) is 12.1 Å². The smallest absolute Gasteiger partial charge is 0.469 e. The predicted molar refractivity (Wildman–Crippen MR) is 80.6 cm³/mol. The van der Waals surface area contributed by atoms with Crippen LogP contribution in [0, 0.1) is 5.41 Å². The number of carbonyl (C=O) groups is 1. The molecule has 0 radical (unpaired) electrons. The maximum absolute atomic E-state index is 12.2. The summed E-state index contributed by atoms with van der Waals surface area (Å²) in [7, 11) is 1.40. The van der Waals surface area contributed by atoms with Gasteiger partial charge in [0.25, 0.3) is 0 Å². The summed E-state index contributed by atoms with van der Waals surface area (Å²) in [6.07, 6.45) is 0.974. The topological polar surface area (TPSA) is 53.4 Å². The number of alkyl halides is 3. The van der Waals surface area contributed by atoms with Crippen LogP contribution in [0.4, 0.5) is 13.2 Å². The highest BCUT2D eigenvalue weighted by Gasteiger charge is 2.74. The highest BCUT2D eigenvalue weighted by atomic mass is 19.4. The number of benzene rings is 1. The van der Waals surface area contributed by atoms with Gasteiger partial charge in [0, 0.05) is 11.8 Å². The second-order valence-corrected chi connectivity index (χ2v) is 6.77. The molecule has 1 aromatic carbocycles. The fourth-order valence-corrected chi connectivity index (χ4v) is 3.99. The van der Waals surface area contributed by atoms with Crippen LogP contribution in [0.1, 0.15) is 19.3 Å². The third-order valence-corrected chi connectivity index (χ3v) is 5.11. The Morgan fingerprint density at radius 3 is 2.36 bits per heavy atom. The number of nitrogens with zero attached hydrogens (tertiary/aromatic N) is 2. The minimum absolute atomic E-state index is 0.133. The summed E-state index contributed by atoms with van der Waals surface area (Å²) in [5, 5.41) is 4.38. The predicted octanol–water partition coefficient (Wildman–Crippen LogP) is 3.50. The molecule has 0 amide bonds. The Morgan fingerprint density at radius 1 is 1.16 bits per heavy atom. The van der Waals surface area contributed by atoms with Crippen molar-refractivity contribution in [2.45, 2.75) is 31.2 Å². The van der Waals surface area contributed by atoms with E-state index in [-0.39, 0.29) is 22.7 Å². The molecule has 25 heavy (non-hydrogen) atoms. The van der Waals surface area contributed by atoms with Gasteiger partial charge >= 0.3 is 12.3 Å². The summed E-state index contributed by atoms with van der Waals surface area (Å²) in [5.74, 6) is -0.426. The molecule has 1 aromatic heterocycles. The highest BCUT2D eigenvalue weighted by Crippen LogP contribution is 2.71. The first-order chi connectivity index (χ1) is 11.8. The van der Waals surface area contributed by atoms with E-state index in [0.717, 1.165) is 11.1 Å². The number of methoxy groups -OCH3 is 1. The summed E-state index contributed by atoms with van der Waals surface area (Å²) in [6, 6.07) is 5.65. The first-order valence-electron chi connectivity index (χ1n) is 7.75. The van der Waals surface area contributed by atoms with Crippen molar-refractivity contribution in [2.75, 3.05) is 7.11 Å². The molecule has 0 aliphatic heterocycles. The summed E-state index contributed by atoms with van der Waals surface area (Å²) < 4.78 is 47.1. The molecule has 132 valence electrons. The van der Waals surface area contributed by atoms with Crippen molar-refractivity contribution in [3.05, 3.63) is 36.7 Å². The highest BCUT2D eigenvalue weighted by molar-refractivity contribution is 5.81. The Balaban J connectivity index is 1.47. The van der Waals surface area contributed by atoms with Gasteiger partial charge < -0.3 is 9.47 Å². The molecule has 5 nitrogen and oxygen atoms in total. The van der Waals surface area contributed by atoms with Crippen LogP contribution in [0.5, 0.6) is 5.75 Å². The van der Waals surface area contributed by atoms with Gasteiger partial charge in [0.15, 0.2) is 0 Å². The number of hydrogen-bond donors (Lipinski definition) is 0. The summed E-state index contributed by atoms with van der Waals surface area (Å²) in [4.78, 5) is 11.7. The largest absolute Gasteiger partial charge is 0.573 e. The molecule has 1 heterocycles. The number of esters is 1. The second kappa shape index (κ2) is 5.00. The molecule has 0 saturated heterocycles. The normalized spacial score (nSPS) is 27.2. The second-order valence-electron chi connectivity index (χ2n) is 6.77. The SMILES string of the molecule is COC(=O)C12CC(n3cc(-c4ccc(OC(F)(F)F)cc4)cn3)(C1)C2. The van der Waals surface area contributed by atoms with Crippen LogP contribution in [0.3, 0.4) is 0 Å². The molecule has 5 rings (SSSR count). The Labute approximate surface area is 141 Å². The van der Waals surface area contributed by atoms with E-state index in [1.807, 2.05) is 10.9 Å². The van der Waals surface area contributed by atoms with E-state index in [1.54, 1.807) is 18.3 Å². The van der Waals surface area contributed by atoms with Gasteiger partial charge in [-0.2, -0.15) is 5.10 Å². The number of halogens is 3. The summed E-state index contributed by atoms with van der Waals surface area (Å²) in [5.41, 5.74) is 1.06. The third kappa shape index (κ3) is 2.47. The van der Waals surface area contributed by atoms with Gasteiger partial charge in [-0.25, -0.2) is 0 Å². The molecule has 0 spiro atoms. The Morgan fingerprint density at radius 2 is 1.80 bits per heavy atom. The molecular weight excluding hydrogens is 337 g/mol. The zero-order valence-corrected chi connectivity index (χ0v) is 13.3. The fraction of sp³-hybridized carbons (Fsp3) is 0.412. The number of hydrogen-bond acceptors (Lipinski definition) is 4. The average molecular weight is 352 g/mol. The van der Waals surface area contributed by atoms with Crippen LogP contribution in [-0.2, 0) is 15.1 Å². The lowest BCUT2D eigenvalue weighted by Gasteiger charge is -2.67. The van der Waals surface area contributed by atoms with Crippen molar-refractivity contribution >= 4 is 5.97 Å². The molecule has 0 unspecified atom stereocenters. The van der Waals surface area contributed by atoms with Crippen molar-refractivity contribution in [3.63, 3.8) is 0 Å². The molecule has 2 aromatic rings. The molecule has 3 saturated carbocycles. The molecule has 0 atom stereocenters. The Kier molecular flexibility index (Phi) is 3.20. The van der Waals surface area contributed by atoms with Crippen LogP contribution in [0.15, 0.2) is 36.7 Å². The van der Waals surface area contributed by atoms with E-state index in [9.17, 15) is 18.0 Å². The van der Waals surface area contributed by atoms with Crippen molar-refractivity contribution in [1.82, 2.24) is 9.78 Å². The van der Waals surface area contributed by atoms with Gasteiger partial charge in [0.2, 0.25) is 0 Å². The van der Waals surface area contributed by atoms with Gasteiger partial charge in [0.05, 0.1) is 24.3 Å². The lowest BCUT2D eigenvalue weighted by atomic mass is 9.39. The molecule has 3 aliphatic rings. The molecule has 0 N–H and O–H groups in total. The maximum atomic E-state index is 12.2. The van der Waals surface area contributed by atoms with Crippen molar-refractivity contribution in [2.24, 2.45) is 5.41 Å². The van der Waals surface area contributed by atoms with Crippen LogP contribution in [0.2, 0.25) is 0 Å². The van der Waals surface area contributed by atoms with E-state index in [1.165, 1.54) is 19.2 Å². The number of rotatable bonds is 4. The lowest BCUT2D eigenvalue weighted by molar-refractivity contribution is -0.274. The monoisotopic (exact) mass is 352 g/mol. The molecule has 3 fully saturated rings. The van der Waals surface area contributed by atoms with Gasteiger partial charge in [0.1, 0.15) is 5.75 Å². The van der Waals surface area contributed by atoms with Crippen LogP contribution in [-0.4, -0.2) is 29.2 Å². The van der Waals surface area contributed by atoms with E-state index < -0.39 is 6.36 Å². The van der Waals surface area contributed by atoms with Crippen LogP contribution in [0.25, 0.3) is 11.1 Å². The standard InChI is InChI=1S/C17H15F3N2O3/c1-24-14(23)15-8-16(9-15,10-15)22-7-12(6-21-22)11-2-4-13(5-3-11)25-17(18,19)20/h2-7H,8-10H2,1H3. The van der Waals surface area contributed by atoms with E-state index in [2.05, 4.69) is 9.84 Å². The third-order valence-electron chi connectivity index (χ3n) is 5.11. The minimum Gasteiger partial charge on any atom is -0.469 e. The molecular formula is C17H15F3N2O3. The fourth-order valence-electron chi connectivity index (χ4n) is 3.99. The van der Waals surface area contributed by atoms with Crippen LogP contribution >= 0.6 is 0 Å². The van der Waals surface area contributed by atoms with E-state index in [0.29, 0.717) is 19.3 Å². The summed E-state index contributed by atoms with van der Waals surface area (Å²) in [6.45, 7) is 0. The zero-order chi connectivity index (χ0) is 17.9. The van der Waals surface area contributed by atoms with Crippen molar-refractivity contribution in [1.29, 1.82) is 0 Å². The molecule has 3 aliphatic carbocycles. The number of carbonyl (C=O) groups excluding carboxylic acids is 1. The maximum Gasteiger partial charge on any atom is 0.573 e. The Hall–Kier alpha value is -2.51. The Bertz CT molecular complexity index is 807. The zero-order valence-electron chi connectivity index (χ0n) is 13.3. The minimum atomic E-state index is -4.70. The molecule has 2 bridgehead atoms. The van der Waals surface area contributed by atoms with Crippen molar-refractivity contribution < 1.29 is 27.4 Å². The van der Waals surface area contributed by atoms with Gasteiger partial charge in [-0.3, -0.25) is 9.48 Å². The number of ether oxygens (including phenoxy) is 2. The average Bonchev–Trinajstić information content (AvgIpc) is 2.93. The van der Waals surface area contributed by atoms with Gasteiger partial charge in [-0.15, -0.1) is 13.2 Å². The first-order valence-corrected chi connectivity index (χ1v) is 7.75. The summed E-state index contributed by atoms with van der Waals surface area (Å²) >= 11 is 0. The quantitative estimate of drug-likeness (QED) is 0.791. The first kappa shape index (κ1) is 16.0.